The third-order valence-electron chi connectivity index (χ3n) is 5.18. The van der Waals surface area contributed by atoms with E-state index in [2.05, 4.69) is 50.1 Å². The molecule has 2 aliphatic rings. The summed E-state index contributed by atoms with van der Waals surface area (Å²) in [5.74, 6) is -0.0388. The summed E-state index contributed by atoms with van der Waals surface area (Å²) in [6.45, 7) is 3.37. The van der Waals surface area contributed by atoms with Gasteiger partial charge >= 0.3 is 0 Å². The lowest BCUT2D eigenvalue weighted by Crippen LogP contribution is -2.46. The fourth-order valence-electron chi connectivity index (χ4n) is 3.86. The zero-order chi connectivity index (χ0) is 18.1. The molecule has 0 aliphatic carbocycles. The summed E-state index contributed by atoms with van der Waals surface area (Å²) in [6, 6.07) is 10.3. The third kappa shape index (κ3) is 3.68. The fourth-order valence-corrected chi connectivity index (χ4v) is 4.19. The number of hydrogen-bond acceptors (Lipinski definition) is 4. The number of aliphatic hydroxyl groups is 1. The summed E-state index contributed by atoms with van der Waals surface area (Å²) in [5.41, 5.74) is 4.23. The Morgan fingerprint density at radius 1 is 1.15 bits per heavy atom. The molecule has 1 aromatic carbocycles. The monoisotopic (exact) mass is 415 g/mol. The van der Waals surface area contributed by atoms with Crippen LogP contribution in [0, 0.1) is 0 Å². The number of benzene rings is 1. The van der Waals surface area contributed by atoms with Crippen LogP contribution in [0.2, 0.25) is 0 Å². The van der Waals surface area contributed by atoms with Crippen LogP contribution in [-0.4, -0.2) is 58.1 Å². The van der Waals surface area contributed by atoms with Gasteiger partial charge in [0.05, 0.1) is 17.4 Å². The van der Waals surface area contributed by atoms with Crippen molar-refractivity contribution in [2.45, 2.75) is 25.5 Å². The van der Waals surface area contributed by atoms with E-state index in [0.717, 1.165) is 36.1 Å². The molecule has 26 heavy (non-hydrogen) atoms. The van der Waals surface area contributed by atoms with Crippen LogP contribution in [-0.2, 0) is 19.4 Å². The highest BCUT2D eigenvalue weighted by Crippen LogP contribution is 2.22. The number of halogens is 1. The van der Waals surface area contributed by atoms with Crippen molar-refractivity contribution in [3.05, 3.63) is 63.4 Å². The van der Waals surface area contributed by atoms with E-state index in [9.17, 15) is 9.90 Å². The molecule has 1 amide bonds. The molecule has 0 bridgehead atoms. The topological polar surface area (TPSA) is 56.7 Å². The van der Waals surface area contributed by atoms with Crippen LogP contribution < -0.4 is 0 Å². The van der Waals surface area contributed by atoms with E-state index in [-0.39, 0.29) is 5.91 Å². The Bertz CT molecular complexity index is 826. The highest BCUT2D eigenvalue weighted by molar-refractivity contribution is 9.10. The van der Waals surface area contributed by atoms with Gasteiger partial charge in [-0.3, -0.25) is 14.7 Å². The minimum Gasteiger partial charge on any atom is -0.390 e. The van der Waals surface area contributed by atoms with E-state index in [1.54, 1.807) is 11.1 Å². The molecule has 0 fully saturated rings. The first-order valence-electron chi connectivity index (χ1n) is 9.01. The van der Waals surface area contributed by atoms with Crippen LogP contribution in [0.1, 0.15) is 27.2 Å². The predicted octanol–water partition coefficient (Wildman–Crippen LogP) is 2.26. The van der Waals surface area contributed by atoms with Crippen LogP contribution in [0.5, 0.6) is 0 Å². The van der Waals surface area contributed by atoms with Crippen LogP contribution in [0.3, 0.4) is 0 Å². The number of nitrogens with zero attached hydrogens (tertiary/aromatic N) is 3. The summed E-state index contributed by atoms with van der Waals surface area (Å²) >= 11 is 3.38. The van der Waals surface area contributed by atoms with E-state index in [4.69, 9.17) is 0 Å². The largest absolute Gasteiger partial charge is 0.390 e. The van der Waals surface area contributed by atoms with Gasteiger partial charge in [-0.1, -0.05) is 24.3 Å². The number of rotatable bonds is 4. The molecular formula is C20H22BrN3O2. The Hall–Kier alpha value is -1.76. The van der Waals surface area contributed by atoms with Crippen LogP contribution in [0.25, 0.3) is 0 Å². The van der Waals surface area contributed by atoms with Crippen molar-refractivity contribution in [3.8, 4) is 0 Å². The van der Waals surface area contributed by atoms with Gasteiger partial charge < -0.3 is 10.0 Å². The first-order valence-corrected chi connectivity index (χ1v) is 9.80. The van der Waals surface area contributed by atoms with Gasteiger partial charge in [-0.25, -0.2) is 0 Å². The zero-order valence-corrected chi connectivity index (χ0v) is 16.2. The number of hydrogen-bond donors (Lipinski definition) is 1. The second-order valence-corrected chi connectivity index (χ2v) is 7.97. The van der Waals surface area contributed by atoms with E-state index in [1.165, 1.54) is 11.1 Å². The molecule has 3 heterocycles. The Kier molecular flexibility index (Phi) is 5.07. The second kappa shape index (κ2) is 7.47. The smallest absolute Gasteiger partial charge is 0.255 e. The number of carbonyl (C=O) groups excluding carboxylic acids is 1. The summed E-state index contributed by atoms with van der Waals surface area (Å²) in [4.78, 5) is 21.1. The van der Waals surface area contributed by atoms with Gasteiger partial charge in [0.15, 0.2) is 0 Å². The molecule has 0 saturated carbocycles. The lowest BCUT2D eigenvalue weighted by Gasteiger charge is -2.33. The molecule has 4 rings (SSSR count). The molecule has 1 aromatic heterocycles. The van der Waals surface area contributed by atoms with Crippen LogP contribution in [0.15, 0.2) is 41.0 Å². The molecule has 1 unspecified atom stereocenters. The summed E-state index contributed by atoms with van der Waals surface area (Å²) < 4.78 is 0.805. The SMILES string of the molecule is O=C1c2cc(Br)cnc2CCN1CC(O)CN1CCc2ccccc2C1. The summed E-state index contributed by atoms with van der Waals surface area (Å²) in [6.07, 6.45) is 2.92. The van der Waals surface area contributed by atoms with Crippen molar-refractivity contribution in [1.82, 2.24) is 14.8 Å². The quantitative estimate of drug-likeness (QED) is 0.831. The van der Waals surface area contributed by atoms with E-state index in [1.807, 2.05) is 6.07 Å². The Morgan fingerprint density at radius 3 is 2.81 bits per heavy atom. The summed E-state index contributed by atoms with van der Waals surface area (Å²) in [7, 11) is 0. The van der Waals surface area contributed by atoms with Crippen LogP contribution in [0.4, 0.5) is 0 Å². The lowest BCUT2D eigenvalue weighted by molar-refractivity contribution is 0.0491. The number of pyridine rings is 1. The third-order valence-corrected chi connectivity index (χ3v) is 5.62. The van der Waals surface area contributed by atoms with Crippen molar-refractivity contribution in [2.24, 2.45) is 0 Å². The molecule has 136 valence electrons. The van der Waals surface area contributed by atoms with Gasteiger partial charge in [0.2, 0.25) is 0 Å². The zero-order valence-electron chi connectivity index (χ0n) is 14.6. The maximum absolute atomic E-state index is 12.7. The first-order chi connectivity index (χ1) is 12.6. The standard InChI is InChI=1S/C20H22BrN3O2/c21-16-9-18-19(22-10-16)6-8-24(20(18)26)13-17(25)12-23-7-5-14-3-1-2-4-15(14)11-23/h1-4,9-10,17,25H,5-8,11-13H2. The molecule has 0 spiro atoms. The van der Waals surface area contributed by atoms with Gasteiger partial charge in [0.25, 0.3) is 5.91 Å². The minimum atomic E-state index is -0.550. The van der Waals surface area contributed by atoms with E-state index in [0.29, 0.717) is 25.2 Å². The number of β-amino-alcohol motifs (C(OH)–C–C–N with tert-alkyl or cyclic N) is 1. The fraction of sp³-hybridized carbons (Fsp3) is 0.400. The Balaban J connectivity index is 1.37. The molecule has 6 heteroatoms. The van der Waals surface area contributed by atoms with Crippen molar-refractivity contribution in [3.63, 3.8) is 0 Å². The highest BCUT2D eigenvalue weighted by Gasteiger charge is 2.28. The first kappa shape index (κ1) is 17.6. The van der Waals surface area contributed by atoms with Crippen molar-refractivity contribution in [2.75, 3.05) is 26.2 Å². The van der Waals surface area contributed by atoms with Gasteiger partial charge in [-0.05, 0) is 39.5 Å². The van der Waals surface area contributed by atoms with E-state index >= 15 is 0 Å². The number of amides is 1. The maximum Gasteiger partial charge on any atom is 0.255 e. The molecule has 0 radical (unpaired) electrons. The normalized spacial score (nSPS) is 18.4. The molecule has 2 aromatic rings. The van der Waals surface area contributed by atoms with E-state index < -0.39 is 6.10 Å². The molecular weight excluding hydrogens is 394 g/mol. The van der Waals surface area contributed by atoms with Gasteiger partial charge in [-0.2, -0.15) is 0 Å². The Labute approximate surface area is 161 Å². The molecule has 5 nitrogen and oxygen atoms in total. The molecule has 1 N–H and O–H groups in total. The van der Waals surface area contributed by atoms with Crippen molar-refractivity contribution >= 4 is 21.8 Å². The number of carbonyl (C=O) groups is 1. The van der Waals surface area contributed by atoms with Gasteiger partial charge in [0.1, 0.15) is 0 Å². The van der Waals surface area contributed by atoms with Crippen molar-refractivity contribution in [1.29, 1.82) is 0 Å². The van der Waals surface area contributed by atoms with Crippen molar-refractivity contribution < 1.29 is 9.90 Å². The van der Waals surface area contributed by atoms with Gasteiger partial charge in [-0.15, -0.1) is 0 Å². The minimum absolute atomic E-state index is 0.0388. The molecule has 0 saturated heterocycles. The second-order valence-electron chi connectivity index (χ2n) is 7.06. The number of aromatic nitrogens is 1. The number of aliphatic hydroxyl groups excluding tert-OH is 1. The predicted molar refractivity (Wildman–Crippen MR) is 103 cm³/mol. The highest BCUT2D eigenvalue weighted by atomic mass is 79.9. The maximum atomic E-state index is 12.7. The van der Waals surface area contributed by atoms with Gasteiger partial charge in [0, 0.05) is 49.8 Å². The summed E-state index contributed by atoms with van der Waals surface area (Å²) in [5, 5.41) is 10.6. The Morgan fingerprint density at radius 2 is 1.96 bits per heavy atom. The number of fused-ring (bicyclic) bond motifs is 2. The average molecular weight is 416 g/mol. The molecule has 1 atom stereocenters. The average Bonchev–Trinajstić information content (AvgIpc) is 2.64. The molecule has 2 aliphatic heterocycles. The van der Waals surface area contributed by atoms with Crippen LogP contribution >= 0.6 is 15.9 Å². The lowest BCUT2D eigenvalue weighted by atomic mass is 9.99.